The van der Waals surface area contributed by atoms with Gasteiger partial charge in [0.05, 0.1) is 10.2 Å². The Kier molecular flexibility index (Phi) is 6.20. The zero-order valence-corrected chi connectivity index (χ0v) is 19.6. The standard InChI is InChI=1S/C27H28N4OS/c1-18-11-21(28)17-31(16-18)25-9-10-29-15-20(25)13-26(32)23-7-8-27-24(30-23)14-22(33-27)12-19-5-3-2-4-6-19/h2-10,14-15,18,21H,11-13,16-17,28H2,1H3/t18-,21+/m1/s1. The summed E-state index contributed by atoms with van der Waals surface area (Å²) in [5.74, 6) is 0.537. The van der Waals surface area contributed by atoms with Crippen LogP contribution in [0.4, 0.5) is 5.69 Å². The maximum absolute atomic E-state index is 13.2. The van der Waals surface area contributed by atoms with Crippen molar-refractivity contribution in [2.75, 3.05) is 18.0 Å². The molecule has 1 aromatic carbocycles. The molecule has 0 amide bonds. The highest BCUT2D eigenvalue weighted by atomic mass is 32.1. The van der Waals surface area contributed by atoms with E-state index in [9.17, 15) is 4.79 Å². The molecule has 33 heavy (non-hydrogen) atoms. The van der Waals surface area contributed by atoms with Gasteiger partial charge < -0.3 is 10.6 Å². The maximum Gasteiger partial charge on any atom is 0.185 e. The minimum Gasteiger partial charge on any atom is -0.369 e. The van der Waals surface area contributed by atoms with E-state index in [-0.39, 0.29) is 18.2 Å². The maximum atomic E-state index is 13.2. The zero-order chi connectivity index (χ0) is 22.8. The van der Waals surface area contributed by atoms with Gasteiger partial charge in [-0.15, -0.1) is 11.3 Å². The number of rotatable bonds is 6. The molecule has 1 saturated heterocycles. The number of fused-ring (bicyclic) bond motifs is 1. The Hall–Kier alpha value is -3.09. The summed E-state index contributed by atoms with van der Waals surface area (Å²) in [6, 6.07) is 18.5. The lowest BCUT2D eigenvalue weighted by molar-refractivity contribution is 0.0988. The van der Waals surface area contributed by atoms with Gasteiger partial charge in [-0.05, 0) is 42.2 Å². The molecule has 1 fully saturated rings. The van der Waals surface area contributed by atoms with E-state index in [0.29, 0.717) is 11.6 Å². The van der Waals surface area contributed by atoms with Crippen LogP contribution in [-0.4, -0.2) is 34.9 Å². The van der Waals surface area contributed by atoms with Crippen molar-refractivity contribution in [2.24, 2.45) is 11.7 Å². The van der Waals surface area contributed by atoms with Crippen molar-refractivity contribution in [3.63, 3.8) is 0 Å². The molecule has 0 radical (unpaired) electrons. The predicted molar refractivity (Wildman–Crippen MR) is 135 cm³/mol. The molecular weight excluding hydrogens is 428 g/mol. The van der Waals surface area contributed by atoms with Crippen molar-refractivity contribution in [2.45, 2.75) is 32.2 Å². The third-order valence-electron chi connectivity index (χ3n) is 6.19. The molecule has 1 aliphatic rings. The van der Waals surface area contributed by atoms with Gasteiger partial charge in [0.1, 0.15) is 5.69 Å². The first-order valence-electron chi connectivity index (χ1n) is 11.4. The molecule has 4 heterocycles. The fourth-order valence-electron chi connectivity index (χ4n) is 4.74. The van der Waals surface area contributed by atoms with Crippen LogP contribution in [0.25, 0.3) is 10.2 Å². The molecule has 2 N–H and O–H groups in total. The quantitative estimate of drug-likeness (QED) is 0.419. The Morgan fingerprint density at radius 1 is 1.15 bits per heavy atom. The highest BCUT2D eigenvalue weighted by molar-refractivity contribution is 7.19. The summed E-state index contributed by atoms with van der Waals surface area (Å²) < 4.78 is 1.11. The molecule has 2 atom stereocenters. The Morgan fingerprint density at radius 3 is 2.82 bits per heavy atom. The molecule has 1 aliphatic heterocycles. The van der Waals surface area contributed by atoms with Gasteiger partial charge in [0.2, 0.25) is 0 Å². The van der Waals surface area contributed by atoms with E-state index in [0.717, 1.165) is 47.4 Å². The normalized spacial score (nSPS) is 18.5. The van der Waals surface area contributed by atoms with Crippen molar-refractivity contribution >= 4 is 33.0 Å². The lowest BCUT2D eigenvalue weighted by Gasteiger charge is -2.37. The number of piperidine rings is 1. The Labute approximate surface area is 198 Å². The van der Waals surface area contributed by atoms with Gasteiger partial charge in [0.25, 0.3) is 0 Å². The Balaban J connectivity index is 1.35. The molecule has 0 spiro atoms. The number of hydrogen-bond acceptors (Lipinski definition) is 6. The second-order valence-corrected chi connectivity index (χ2v) is 10.2. The SMILES string of the molecule is C[C@@H]1C[C@H](N)CN(c2ccncc2CC(=O)c2ccc3sc(Cc4ccccc4)cc3n2)C1. The zero-order valence-electron chi connectivity index (χ0n) is 18.8. The molecule has 168 valence electrons. The fraction of sp³-hybridized carbons (Fsp3) is 0.296. The topological polar surface area (TPSA) is 72.1 Å². The summed E-state index contributed by atoms with van der Waals surface area (Å²) >= 11 is 1.74. The van der Waals surface area contributed by atoms with Crippen LogP contribution < -0.4 is 10.6 Å². The smallest absolute Gasteiger partial charge is 0.185 e. The highest BCUT2D eigenvalue weighted by Gasteiger charge is 2.24. The van der Waals surface area contributed by atoms with Gasteiger partial charge in [-0.2, -0.15) is 0 Å². The summed E-state index contributed by atoms with van der Waals surface area (Å²) in [7, 11) is 0. The number of hydrogen-bond donors (Lipinski definition) is 1. The monoisotopic (exact) mass is 456 g/mol. The third kappa shape index (κ3) is 4.97. The van der Waals surface area contributed by atoms with Crippen LogP contribution in [0.15, 0.2) is 67.0 Å². The number of ketones is 1. The molecule has 0 saturated carbocycles. The first-order chi connectivity index (χ1) is 16.0. The van der Waals surface area contributed by atoms with Crippen LogP contribution in [0.2, 0.25) is 0 Å². The second-order valence-electron chi connectivity index (χ2n) is 9.07. The summed E-state index contributed by atoms with van der Waals surface area (Å²) in [5, 5.41) is 0. The van der Waals surface area contributed by atoms with Gasteiger partial charge in [-0.1, -0.05) is 37.3 Å². The van der Waals surface area contributed by atoms with Crippen molar-refractivity contribution in [1.29, 1.82) is 0 Å². The molecule has 0 aliphatic carbocycles. The molecule has 5 rings (SSSR count). The Bertz CT molecular complexity index is 1260. The van der Waals surface area contributed by atoms with Crippen LogP contribution in [0.3, 0.4) is 0 Å². The number of carbonyl (C=O) groups is 1. The highest BCUT2D eigenvalue weighted by Crippen LogP contribution is 2.28. The van der Waals surface area contributed by atoms with E-state index in [1.165, 1.54) is 10.4 Å². The first kappa shape index (κ1) is 21.7. The molecule has 0 bridgehead atoms. The van der Waals surface area contributed by atoms with Crippen molar-refractivity contribution in [3.8, 4) is 0 Å². The molecule has 6 heteroatoms. The third-order valence-corrected chi connectivity index (χ3v) is 7.28. The number of nitrogens with two attached hydrogens (primary N) is 1. The summed E-state index contributed by atoms with van der Waals surface area (Å²) in [6.45, 7) is 3.98. The number of pyridine rings is 2. The van der Waals surface area contributed by atoms with Gasteiger partial charge in [0.15, 0.2) is 5.78 Å². The molecular formula is C27H28N4OS. The molecule has 4 aromatic rings. The summed E-state index contributed by atoms with van der Waals surface area (Å²) in [4.78, 5) is 25.7. The molecule has 3 aromatic heterocycles. The number of carbonyl (C=O) groups excluding carboxylic acids is 1. The van der Waals surface area contributed by atoms with Crippen LogP contribution in [0, 0.1) is 5.92 Å². The van der Waals surface area contributed by atoms with E-state index >= 15 is 0 Å². The lowest BCUT2D eigenvalue weighted by atomic mass is 9.95. The van der Waals surface area contributed by atoms with Gasteiger partial charge in [0, 0.05) is 60.5 Å². The average molecular weight is 457 g/mol. The van der Waals surface area contributed by atoms with Gasteiger partial charge in [-0.3, -0.25) is 9.78 Å². The van der Waals surface area contributed by atoms with E-state index in [4.69, 9.17) is 10.7 Å². The van der Waals surface area contributed by atoms with Crippen molar-refractivity contribution in [1.82, 2.24) is 9.97 Å². The van der Waals surface area contributed by atoms with E-state index in [2.05, 4.69) is 47.1 Å². The number of anilines is 1. The minimum absolute atomic E-state index is 0.0105. The lowest BCUT2D eigenvalue weighted by Crippen LogP contribution is -2.46. The number of Topliss-reactive ketones (excluding diaryl/α,β-unsaturated/α-hetero) is 1. The Morgan fingerprint density at radius 2 is 2.00 bits per heavy atom. The molecule has 0 unspecified atom stereocenters. The largest absolute Gasteiger partial charge is 0.369 e. The van der Waals surface area contributed by atoms with Crippen LogP contribution in [-0.2, 0) is 12.8 Å². The van der Waals surface area contributed by atoms with E-state index in [1.54, 1.807) is 23.7 Å². The average Bonchev–Trinajstić information content (AvgIpc) is 3.21. The molecule has 5 nitrogen and oxygen atoms in total. The number of nitrogens with zero attached hydrogens (tertiary/aromatic N) is 3. The van der Waals surface area contributed by atoms with Crippen molar-refractivity contribution in [3.05, 3.63) is 88.7 Å². The second kappa shape index (κ2) is 9.41. The summed E-state index contributed by atoms with van der Waals surface area (Å²) in [5.41, 5.74) is 10.9. The van der Waals surface area contributed by atoms with Crippen LogP contribution in [0.1, 0.15) is 39.8 Å². The predicted octanol–water partition coefficient (Wildman–Crippen LogP) is 4.88. The number of aromatic nitrogens is 2. The number of thiophene rings is 1. The van der Waals surface area contributed by atoms with Gasteiger partial charge >= 0.3 is 0 Å². The first-order valence-corrected chi connectivity index (χ1v) is 12.3. The van der Waals surface area contributed by atoms with Crippen LogP contribution in [0.5, 0.6) is 0 Å². The summed E-state index contributed by atoms with van der Waals surface area (Å²) in [6.07, 6.45) is 5.78. The van der Waals surface area contributed by atoms with E-state index in [1.807, 2.05) is 24.3 Å². The fourth-order valence-corrected chi connectivity index (χ4v) is 5.78. The van der Waals surface area contributed by atoms with Crippen LogP contribution >= 0.6 is 11.3 Å². The van der Waals surface area contributed by atoms with E-state index < -0.39 is 0 Å². The van der Waals surface area contributed by atoms with Gasteiger partial charge in [-0.25, -0.2) is 4.98 Å². The van der Waals surface area contributed by atoms with Crippen molar-refractivity contribution < 1.29 is 4.79 Å². The number of benzene rings is 1. The minimum atomic E-state index is 0.0105.